The molecule has 7 heteroatoms. The number of amides is 3. The predicted octanol–water partition coefficient (Wildman–Crippen LogP) is -0.890. The van der Waals surface area contributed by atoms with Crippen LogP contribution in [0.3, 0.4) is 0 Å². The lowest BCUT2D eigenvalue weighted by molar-refractivity contribution is -0.148. The van der Waals surface area contributed by atoms with E-state index in [1.807, 2.05) is 6.92 Å². The first-order valence-corrected chi connectivity index (χ1v) is 7.67. The van der Waals surface area contributed by atoms with Gasteiger partial charge in [0.05, 0.1) is 0 Å². The Balaban J connectivity index is 1.98. The van der Waals surface area contributed by atoms with Gasteiger partial charge in [-0.2, -0.15) is 0 Å². The van der Waals surface area contributed by atoms with E-state index in [0.29, 0.717) is 13.0 Å². The molecular weight excluding hydrogens is 272 g/mol. The first kappa shape index (κ1) is 15.8. The highest BCUT2D eigenvalue weighted by molar-refractivity contribution is 6.35. The maximum Gasteiger partial charge on any atom is 0.312 e. The van der Waals surface area contributed by atoms with Crippen molar-refractivity contribution in [2.24, 2.45) is 5.73 Å². The second-order valence-electron chi connectivity index (χ2n) is 5.82. The van der Waals surface area contributed by atoms with Crippen molar-refractivity contribution in [2.75, 3.05) is 13.1 Å². The van der Waals surface area contributed by atoms with Gasteiger partial charge in [-0.1, -0.05) is 12.8 Å². The number of nitrogens with one attached hydrogen (secondary N) is 2. The standard InChI is InChI=1S/C14H24N4O3/c1-2-16-12(19)11-7-9(15)8-18(11)14(21)13(20)17-10-5-3-4-6-10/h9-11H,2-8,15H2,1H3,(H,16,19)(H,17,20)/t9-,11-/m0/s1. The predicted molar refractivity (Wildman–Crippen MR) is 77.2 cm³/mol. The summed E-state index contributed by atoms with van der Waals surface area (Å²) in [6, 6.07) is -0.816. The number of carbonyl (C=O) groups excluding carboxylic acids is 3. The summed E-state index contributed by atoms with van der Waals surface area (Å²) < 4.78 is 0. The SMILES string of the molecule is CCNC(=O)[C@@H]1C[C@H](N)CN1C(=O)C(=O)NC1CCCC1. The van der Waals surface area contributed by atoms with Crippen LogP contribution in [0.25, 0.3) is 0 Å². The number of carbonyl (C=O) groups is 3. The van der Waals surface area contributed by atoms with Crippen LogP contribution in [0.15, 0.2) is 0 Å². The van der Waals surface area contributed by atoms with Crippen LogP contribution in [-0.2, 0) is 14.4 Å². The third-order valence-electron chi connectivity index (χ3n) is 4.13. The van der Waals surface area contributed by atoms with Gasteiger partial charge in [0.2, 0.25) is 5.91 Å². The zero-order valence-electron chi connectivity index (χ0n) is 12.4. The molecule has 1 saturated carbocycles. The van der Waals surface area contributed by atoms with Gasteiger partial charge in [0, 0.05) is 25.2 Å². The zero-order valence-corrected chi connectivity index (χ0v) is 12.4. The number of likely N-dealkylation sites (N-methyl/N-ethyl adjacent to an activating group) is 1. The lowest BCUT2D eigenvalue weighted by Crippen LogP contribution is -2.51. The van der Waals surface area contributed by atoms with Crippen LogP contribution < -0.4 is 16.4 Å². The summed E-state index contributed by atoms with van der Waals surface area (Å²) in [6.07, 6.45) is 4.38. The normalized spacial score (nSPS) is 25.9. The third-order valence-corrected chi connectivity index (χ3v) is 4.13. The molecule has 0 radical (unpaired) electrons. The van der Waals surface area contributed by atoms with Crippen molar-refractivity contribution in [3.63, 3.8) is 0 Å². The summed E-state index contributed by atoms with van der Waals surface area (Å²) in [4.78, 5) is 37.6. The van der Waals surface area contributed by atoms with Gasteiger partial charge in [-0.15, -0.1) is 0 Å². The number of likely N-dealkylation sites (tertiary alicyclic amines) is 1. The minimum Gasteiger partial charge on any atom is -0.355 e. The molecule has 1 aliphatic carbocycles. The minimum absolute atomic E-state index is 0.0839. The molecule has 2 atom stereocenters. The number of hydrogen-bond acceptors (Lipinski definition) is 4. The number of rotatable bonds is 3. The van der Waals surface area contributed by atoms with Crippen molar-refractivity contribution in [3.05, 3.63) is 0 Å². The van der Waals surface area contributed by atoms with Crippen LogP contribution >= 0.6 is 0 Å². The molecule has 0 aromatic rings. The molecule has 7 nitrogen and oxygen atoms in total. The highest BCUT2D eigenvalue weighted by atomic mass is 16.2. The fourth-order valence-corrected chi connectivity index (χ4v) is 3.08. The molecule has 2 rings (SSSR count). The molecule has 1 saturated heterocycles. The van der Waals surface area contributed by atoms with Crippen molar-refractivity contribution in [3.8, 4) is 0 Å². The Labute approximate surface area is 124 Å². The fourth-order valence-electron chi connectivity index (χ4n) is 3.08. The lowest BCUT2D eigenvalue weighted by atomic mass is 10.1. The molecule has 1 aliphatic heterocycles. The molecule has 0 aromatic carbocycles. The lowest BCUT2D eigenvalue weighted by Gasteiger charge is -2.23. The molecule has 0 bridgehead atoms. The Hall–Kier alpha value is -1.63. The van der Waals surface area contributed by atoms with Gasteiger partial charge in [-0.3, -0.25) is 14.4 Å². The van der Waals surface area contributed by atoms with Crippen LogP contribution in [0.1, 0.15) is 39.0 Å². The maximum atomic E-state index is 12.3. The van der Waals surface area contributed by atoms with E-state index in [1.165, 1.54) is 4.90 Å². The summed E-state index contributed by atoms with van der Waals surface area (Å²) in [6.45, 7) is 2.55. The highest BCUT2D eigenvalue weighted by Crippen LogP contribution is 2.19. The molecule has 21 heavy (non-hydrogen) atoms. The molecule has 118 valence electrons. The van der Waals surface area contributed by atoms with Crippen molar-refractivity contribution < 1.29 is 14.4 Å². The van der Waals surface area contributed by atoms with Crippen LogP contribution in [0, 0.1) is 0 Å². The maximum absolute atomic E-state index is 12.3. The van der Waals surface area contributed by atoms with Crippen molar-refractivity contribution in [2.45, 2.75) is 57.2 Å². The van der Waals surface area contributed by atoms with Crippen molar-refractivity contribution in [1.82, 2.24) is 15.5 Å². The van der Waals surface area contributed by atoms with E-state index < -0.39 is 17.9 Å². The Morgan fingerprint density at radius 3 is 2.52 bits per heavy atom. The number of hydrogen-bond donors (Lipinski definition) is 3. The van der Waals surface area contributed by atoms with Gasteiger partial charge >= 0.3 is 11.8 Å². The first-order chi connectivity index (χ1) is 10.0. The summed E-state index contributed by atoms with van der Waals surface area (Å²) in [7, 11) is 0. The van der Waals surface area contributed by atoms with Gasteiger partial charge in [0.25, 0.3) is 0 Å². The fraction of sp³-hybridized carbons (Fsp3) is 0.786. The van der Waals surface area contributed by atoms with Crippen LogP contribution in [0.2, 0.25) is 0 Å². The molecule has 2 aliphatic rings. The smallest absolute Gasteiger partial charge is 0.312 e. The Morgan fingerprint density at radius 2 is 1.90 bits per heavy atom. The molecule has 0 aromatic heterocycles. The Kier molecular flexibility index (Phi) is 5.17. The molecule has 0 spiro atoms. The van der Waals surface area contributed by atoms with E-state index in [9.17, 15) is 14.4 Å². The van der Waals surface area contributed by atoms with Gasteiger partial charge < -0.3 is 21.3 Å². The molecule has 0 unspecified atom stereocenters. The van der Waals surface area contributed by atoms with Gasteiger partial charge in [0.15, 0.2) is 0 Å². The molecule has 4 N–H and O–H groups in total. The minimum atomic E-state index is -0.647. The monoisotopic (exact) mass is 296 g/mol. The quantitative estimate of drug-likeness (QED) is 0.588. The third kappa shape index (κ3) is 3.72. The van der Waals surface area contributed by atoms with E-state index in [4.69, 9.17) is 5.73 Å². The van der Waals surface area contributed by atoms with E-state index in [2.05, 4.69) is 10.6 Å². The van der Waals surface area contributed by atoms with Gasteiger partial charge in [0.1, 0.15) is 6.04 Å². The van der Waals surface area contributed by atoms with Crippen LogP contribution in [0.4, 0.5) is 0 Å². The van der Waals surface area contributed by atoms with Crippen molar-refractivity contribution >= 4 is 17.7 Å². The largest absolute Gasteiger partial charge is 0.355 e. The first-order valence-electron chi connectivity index (χ1n) is 7.67. The average molecular weight is 296 g/mol. The highest BCUT2D eigenvalue weighted by Gasteiger charge is 2.40. The summed E-state index contributed by atoms with van der Waals surface area (Å²) in [5.74, 6) is -1.51. The van der Waals surface area contributed by atoms with Crippen LogP contribution in [0.5, 0.6) is 0 Å². The van der Waals surface area contributed by atoms with Gasteiger partial charge in [-0.25, -0.2) is 0 Å². The molecular formula is C14H24N4O3. The summed E-state index contributed by atoms with van der Waals surface area (Å²) >= 11 is 0. The Morgan fingerprint density at radius 1 is 1.24 bits per heavy atom. The van der Waals surface area contributed by atoms with Crippen molar-refractivity contribution in [1.29, 1.82) is 0 Å². The molecule has 2 fully saturated rings. The number of nitrogens with two attached hydrogens (primary N) is 1. The summed E-state index contributed by atoms with van der Waals surface area (Å²) in [5.41, 5.74) is 5.85. The summed E-state index contributed by atoms with van der Waals surface area (Å²) in [5, 5.41) is 5.44. The number of nitrogens with zero attached hydrogens (tertiary/aromatic N) is 1. The molecule has 1 heterocycles. The van der Waals surface area contributed by atoms with E-state index in [0.717, 1.165) is 25.7 Å². The Bertz CT molecular complexity index is 420. The second kappa shape index (κ2) is 6.89. The second-order valence-corrected chi connectivity index (χ2v) is 5.82. The van der Waals surface area contributed by atoms with E-state index in [-0.39, 0.29) is 24.5 Å². The van der Waals surface area contributed by atoms with Gasteiger partial charge in [-0.05, 0) is 26.2 Å². The molecule has 3 amide bonds. The van der Waals surface area contributed by atoms with E-state index >= 15 is 0 Å². The zero-order chi connectivity index (χ0) is 15.4. The topological polar surface area (TPSA) is 105 Å². The van der Waals surface area contributed by atoms with Crippen LogP contribution in [-0.4, -0.2) is 53.8 Å². The average Bonchev–Trinajstić information content (AvgIpc) is 3.07. The van der Waals surface area contributed by atoms with E-state index in [1.54, 1.807) is 0 Å².